The van der Waals surface area contributed by atoms with E-state index in [1.807, 2.05) is 50.2 Å². The van der Waals surface area contributed by atoms with Crippen LogP contribution in [0.1, 0.15) is 31.0 Å². The Balaban J connectivity index is 1.92. The lowest BCUT2D eigenvalue weighted by Crippen LogP contribution is -2.33. The zero-order valence-electron chi connectivity index (χ0n) is 15.1. The van der Waals surface area contributed by atoms with Crippen LogP contribution in [0.15, 0.2) is 48.5 Å². The molecule has 1 amide bonds. The van der Waals surface area contributed by atoms with Crippen molar-refractivity contribution in [2.24, 2.45) is 0 Å². The summed E-state index contributed by atoms with van der Waals surface area (Å²) in [6, 6.07) is 15.7. The van der Waals surface area contributed by atoms with Crippen LogP contribution in [-0.2, 0) is 10.5 Å². The van der Waals surface area contributed by atoms with E-state index < -0.39 is 0 Å². The highest BCUT2D eigenvalue weighted by molar-refractivity contribution is 7.99. The maximum atomic E-state index is 12.4. The minimum absolute atomic E-state index is 0.0308. The van der Waals surface area contributed by atoms with Crippen LogP contribution in [0.25, 0.3) is 0 Å². The van der Waals surface area contributed by atoms with Gasteiger partial charge in [-0.3, -0.25) is 4.79 Å². The minimum Gasteiger partial charge on any atom is -0.493 e. The summed E-state index contributed by atoms with van der Waals surface area (Å²) in [7, 11) is 3.21. The molecule has 0 aliphatic carbocycles. The molecule has 0 aliphatic heterocycles. The first-order valence-electron chi connectivity index (χ1n) is 8.23. The van der Waals surface area contributed by atoms with Crippen LogP contribution < -0.4 is 14.8 Å². The molecular weight excluding hydrogens is 334 g/mol. The van der Waals surface area contributed by atoms with Crippen LogP contribution in [0.4, 0.5) is 0 Å². The van der Waals surface area contributed by atoms with Gasteiger partial charge in [-0.1, -0.05) is 36.4 Å². The molecule has 0 radical (unpaired) electrons. The molecule has 0 unspecified atom stereocenters. The molecule has 0 aromatic heterocycles. The number of hydrogen-bond donors (Lipinski definition) is 1. The molecule has 2 aromatic carbocycles. The molecule has 0 bridgehead atoms. The smallest absolute Gasteiger partial charge is 0.233 e. The average Bonchev–Trinajstić information content (AvgIpc) is 2.66. The third-order valence-corrected chi connectivity index (χ3v) is 5.19. The first-order chi connectivity index (χ1) is 12.0. The van der Waals surface area contributed by atoms with E-state index in [0.29, 0.717) is 11.5 Å². The van der Waals surface area contributed by atoms with Gasteiger partial charge >= 0.3 is 0 Å². The molecule has 0 spiro atoms. The van der Waals surface area contributed by atoms with Gasteiger partial charge in [-0.25, -0.2) is 0 Å². The first kappa shape index (κ1) is 19.2. The van der Waals surface area contributed by atoms with Gasteiger partial charge in [0.05, 0.1) is 25.5 Å². The maximum absolute atomic E-state index is 12.4. The Morgan fingerprint density at radius 2 is 1.72 bits per heavy atom. The third kappa shape index (κ3) is 5.43. The van der Waals surface area contributed by atoms with E-state index in [1.54, 1.807) is 26.0 Å². The van der Waals surface area contributed by atoms with Gasteiger partial charge in [0.15, 0.2) is 11.5 Å². The molecule has 4 nitrogen and oxygen atoms in total. The fourth-order valence-corrected chi connectivity index (χ4v) is 3.26. The van der Waals surface area contributed by atoms with Crippen LogP contribution in [0.3, 0.4) is 0 Å². The van der Waals surface area contributed by atoms with Crippen molar-refractivity contribution in [2.75, 3.05) is 14.2 Å². The van der Waals surface area contributed by atoms with Crippen molar-refractivity contribution in [3.05, 3.63) is 59.7 Å². The second-order valence-corrected chi connectivity index (χ2v) is 7.11. The van der Waals surface area contributed by atoms with Crippen molar-refractivity contribution < 1.29 is 14.3 Å². The number of carbonyl (C=O) groups excluding carboxylic acids is 1. The topological polar surface area (TPSA) is 47.6 Å². The number of amides is 1. The van der Waals surface area contributed by atoms with Crippen LogP contribution in [0, 0.1) is 0 Å². The van der Waals surface area contributed by atoms with Gasteiger partial charge in [0.2, 0.25) is 5.91 Å². The summed E-state index contributed by atoms with van der Waals surface area (Å²) >= 11 is 1.63. The molecule has 0 aliphatic rings. The lowest BCUT2D eigenvalue weighted by molar-refractivity contribution is -0.120. The van der Waals surface area contributed by atoms with Crippen LogP contribution in [0.2, 0.25) is 0 Å². The summed E-state index contributed by atoms with van der Waals surface area (Å²) < 4.78 is 10.6. The number of hydrogen-bond acceptors (Lipinski definition) is 4. The van der Waals surface area contributed by atoms with E-state index >= 15 is 0 Å². The van der Waals surface area contributed by atoms with Gasteiger partial charge in [0, 0.05) is 5.75 Å². The molecule has 2 rings (SSSR count). The standard InChI is InChI=1S/C20H25NO3S/c1-14(17-10-11-18(23-3)19(12-17)24-4)21-20(22)15(2)25-13-16-8-6-5-7-9-16/h5-12,14-15H,13H2,1-4H3,(H,21,22)/t14-,15+/m0/s1. The van der Waals surface area contributed by atoms with Crippen molar-refractivity contribution in [1.82, 2.24) is 5.32 Å². The Hall–Kier alpha value is -2.14. The zero-order chi connectivity index (χ0) is 18.2. The lowest BCUT2D eigenvalue weighted by Gasteiger charge is -2.19. The highest BCUT2D eigenvalue weighted by atomic mass is 32.2. The fraction of sp³-hybridized carbons (Fsp3) is 0.350. The lowest BCUT2D eigenvalue weighted by atomic mass is 10.1. The molecule has 2 aromatic rings. The van der Waals surface area contributed by atoms with Gasteiger partial charge in [0.1, 0.15) is 0 Å². The summed E-state index contributed by atoms with van der Waals surface area (Å²) in [6.07, 6.45) is 0. The molecule has 0 heterocycles. The SMILES string of the molecule is COc1ccc([C@H](C)NC(=O)[C@@H](C)SCc2ccccc2)cc1OC. The van der Waals surface area contributed by atoms with Crippen molar-refractivity contribution in [2.45, 2.75) is 30.9 Å². The molecule has 0 saturated carbocycles. The number of carbonyl (C=O) groups is 1. The Bertz CT molecular complexity index is 691. The number of rotatable bonds is 8. The van der Waals surface area contributed by atoms with E-state index in [0.717, 1.165) is 11.3 Å². The Kier molecular flexibility index (Phi) is 7.19. The van der Waals surface area contributed by atoms with Crippen LogP contribution in [0.5, 0.6) is 11.5 Å². The molecule has 2 atom stereocenters. The molecule has 1 N–H and O–H groups in total. The largest absolute Gasteiger partial charge is 0.493 e. The van der Waals surface area contributed by atoms with Gasteiger partial charge in [-0.2, -0.15) is 0 Å². The number of benzene rings is 2. The molecule has 5 heteroatoms. The second kappa shape index (κ2) is 9.37. The van der Waals surface area contributed by atoms with E-state index in [2.05, 4.69) is 17.4 Å². The van der Waals surface area contributed by atoms with Crippen LogP contribution in [-0.4, -0.2) is 25.4 Å². The zero-order valence-corrected chi connectivity index (χ0v) is 15.9. The molecular formula is C20H25NO3S. The summed E-state index contributed by atoms with van der Waals surface area (Å²) in [6.45, 7) is 3.90. The predicted octanol–water partition coefficient (Wildman–Crippen LogP) is 4.20. The number of methoxy groups -OCH3 is 2. The van der Waals surface area contributed by atoms with E-state index in [1.165, 1.54) is 5.56 Å². The number of thioether (sulfide) groups is 1. The summed E-state index contributed by atoms with van der Waals surface area (Å²) in [5.74, 6) is 2.19. The van der Waals surface area contributed by atoms with Crippen molar-refractivity contribution >= 4 is 17.7 Å². The maximum Gasteiger partial charge on any atom is 0.233 e. The van der Waals surface area contributed by atoms with E-state index in [9.17, 15) is 4.79 Å². The second-order valence-electron chi connectivity index (χ2n) is 5.78. The van der Waals surface area contributed by atoms with E-state index in [-0.39, 0.29) is 17.2 Å². The summed E-state index contributed by atoms with van der Waals surface area (Å²) in [4.78, 5) is 12.4. The molecule has 0 fully saturated rings. The Labute approximate surface area is 153 Å². The monoisotopic (exact) mass is 359 g/mol. The third-order valence-electron chi connectivity index (χ3n) is 3.98. The van der Waals surface area contributed by atoms with Crippen molar-refractivity contribution in [1.29, 1.82) is 0 Å². The van der Waals surface area contributed by atoms with E-state index in [4.69, 9.17) is 9.47 Å². The van der Waals surface area contributed by atoms with Gasteiger partial charge in [-0.15, -0.1) is 11.8 Å². The van der Waals surface area contributed by atoms with Crippen LogP contribution >= 0.6 is 11.8 Å². The van der Waals surface area contributed by atoms with Gasteiger partial charge in [0.25, 0.3) is 0 Å². The fourth-order valence-electron chi connectivity index (χ4n) is 2.41. The molecule has 25 heavy (non-hydrogen) atoms. The summed E-state index contributed by atoms with van der Waals surface area (Å²) in [5.41, 5.74) is 2.20. The molecule has 134 valence electrons. The highest BCUT2D eigenvalue weighted by Gasteiger charge is 2.17. The quantitative estimate of drug-likeness (QED) is 0.767. The molecule has 0 saturated heterocycles. The number of nitrogens with one attached hydrogen (secondary N) is 1. The predicted molar refractivity (Wildman–Crippen MR) is 103 cm³/mol. The Morgan fingerprint density at radius 3 is 2.36 bits per heavy atom. The van der Waals surface area contributed by atoms with Crippen molar-refractivity contribution in [3.63, 3.8) is 0 Å². The average molecular weight is 359 g/mol. The van der Waals surface area contributed by atoms with Gasteiger partial charge < -0.3 is 14.8 Å². The minimum atomic E-state index is -0.122. The van der Waals surface area contributed by atoms with Gasteiger partial charge in [-0.05, 0) is 37.1 Å². The Morgan fingerprint density at radius 1 is 1.04 bits per heavy atom. The number of ether oxygens (including phenoxy) is 2. The summed E-state index contributed by atoms with van der Waals surface area (Å²) in [5, 5.41) is 2.94. The van der Waals surface area contributed by atoms with Crippen molar-refractivity contribution in [3.8, 4) is 11.5 Å². The normalized spacial score (nSPS) is 13.0. The highest BCUT2D eigenvalue weighted by Crippen LogP contribution is 2.30. The first-order valence-corrected chi connectivity index (χ1v) is 9.27.